The van der Waals surface area contributed by atoms with Crippen molar-refractivity contribution in [3.8, 4) is 0 Å². The third-order valence-electron chi connectivity index (χ3n) is 5.57. The molecule has 0 unspecified atom stereocenters. The largest absolute Gasteiger partial charge is 0.479 e. The standard InChI is InChI=1S/C18H36O4Si/c1-17(2,3)23(6,7)22-13-15-10-8-9-14(11-15)12-21-18(4,5)16(19)20/h14-15H,8-13H2,1-7H3,(H,19,20)/t14-,15+/m1/s1. The molecule has 0 heterocycles. The molecule has 0 radical (unpaired) electrons. The van der Waals surface area contributed by atoms with Gasteiger partial charge >= 0.3 is 5.97 Å². The van der Waals surface area contributed by atoms with E-state index in [2.05, 4.69) is 33.9 Å². The number of carbonyl (C=O) groups is 1. The number of carboxylic acids is 1. The molecule has 5 heteroatoms. The zero-order chi connectivity index (χ0) is 17.9. The predicted molar refractivity (Wildman–Crippen MR) is 96.3 cm³/mol. The van der Waals surface area contributed by atoms with Crippen molar-refractivity contribution in [3.63, 3.8) is 0 Å². The van der Waals surface area contributed by atoms with Crippen molar-refractivity contribution in [3.05, 3.63) is 0 Å². The molecule has 1 aliphatic rings. The summed E-state index contributed by atoms with van der Waals surface area (Å²) in [6.45, 7) is 16.0. The van der Waals surface area contributed by atoms with E-state index in [9.17, 15) is 4.79 Å². The van der Waals surface area contributed by atoms with Gasteiger partial charge in [0, 0.05) is 6.61 Å². The van der Waals surface area contributed by atoms with E-state index in [1.165, 1.54) is 12.8 Å². The van der Waals surface area contributed by atoms with Crippen LogP contribution in [0, 0.1) is 11.8 Å². The molecule has 0 spiro atoms. The van der Waals surface area contributed by atoms with Crippen molar-refractivity contribution in [2.45, 2.75) is 84.0 Å². The van der Waals surface area contributed by atoms with Gasteiger partial charge in [-0.25, -0.2) is 4.79 Å². The fourth-order valence-electron chi connectivity index (χ4n) is 2.64. The molecule has 1 saturated carbocycles. The highest BCUT2D eigenvalue weighted by molar-refractivity contribution is 6.74. The fraction of sp³-hybridized carbons (Fsp3) is 0.944. The average molecular weight is 345 g/mol. The van der Waals surface area contributed by atoms with Crippen molar-refractivity contribution in [1.82, 2.24) is 0 Å². The van der Waals surface area contributed by atoms with Gasteiger partial charge in [0.05, 0.1) is 6.61 Å². The van der Waals surface area contributed by atoms with Gasteiger partial charge in [-0.15, -0.1) is 0 Å². The highest BCUT2D eigenvalue weighted by Crippen LogP contribution is 2.38. The molecule has 0 aromatic carbocycles. The van der Waals surface area contributed by atoms with Crippen molar-refractivity contribution in [1.29, 1.82) is 0 Å². The number of hydrogen-bond donors (Lipinski definition) is 1. The molecule has 2 atom stereocenters. The van der Waals surface area contributed by atoms with Gasteiger partial charge in [0.25, 0.3) is 0 Å². The molecule has 0 aromatic heterocycles. The monoisotopic (exact) mass is 344 g/mol. The predicted octanol–water partition coefficient (Wildman–Crippen LogP) is 4.69. The number of hydrogen-bond acceptors (Lipinski definition) is 3. The number of ether oxygens (including phenoxy) is 1. The Balaban J connectivity index is 2.45. The minimum atomic E-state index is -1.68. The van der Waals surface area contributed by atoms with Gasteiger partial charge in [-0.2, -0.15) is 0 Å². The van der Waals surface area contributed by atoms with Crippen molar-refractivity contribution >= 4 is 14.3 Å². The molecule has 0 bridgehead atoms. The summed E-state index contributed by atoms with van der Waals surface area (Å²) < 4.78 is 12.0. The molecule has 1 aliphatic carbocycles. The molecule has 23 heavy (non-hydrogen) atoms. The van der Waals surface area contributed by atoms with E-state index in [-0.39, 0.29) is 5.04 Å². The van der Waals surface area contributed by atoms with Crippen LogP contribution in [-0.2, 0) is 14.0 Å². The first-order valence-corrected chi connectivity index (χ1v) is 11.8. The maximum absolute atomic E-state index is 11.1. The second-order valence-electron chi connectivity index (χ2n) is 9.10. The van der Waals surface area contributed by atoms with E-state index in [1.54, 1.807) is 13.8 Å². The quantitative estimate of drug-likeness (QED) is 0.680. The lowest BCUT2D eigenvalue weighted by atomic mass is 9.82. The summed E-state index contributed by atoms with van der Waals surface area (Å²) in [5, 5.41) is 9.38. The number of aliphatic carboxylic acids is 1. The van der Waals surface area contributed by atoms with Crippen LogP contribution in [0.2, 0.25) is 18.1 Å². The average Bonchev–Trinajstić information content (AvgIpc) is 2.42. The first kappa shape index (κ1) is 20.7. The Labute approximate surface area is 143 Å². The zero-order valence-electron chi connectivity index (χ0n) is 16.1. The molecule has 0 amide bonds. The summed E-state index contributed by atoms with van der Waals surface area (Å²) >= 11 is 0. The van der Waals surface area contributed by atoms with Crippen LogP contribution < -0.4 is 0 Å². The minimum absolute atomic E-state index is 0.246. The third-order valence-corrected chi connectivity index (χ3v) is 10.1. The first-order chi connectivity index (χ1) is 10.3. The van der Waals surface area contributed by atoms with Crippen LogP contribution in [0.3, 0.4) is 0 Å². The highest BCUT2D eigenvalue weighted by Gasteiger charge is 2.38. The highest BCUT2D eigenvalue weighted by atomic mass is 28.4. The molecule has 1 N–H and O–H groups in total. The molecule has 1 fully saturated rings. The van der Waals surface area contributed by atoms with Crippen molar-refractivity contribution in [2.24, 2.45) is 11.8 Å². The third kappa shape index (κ3) is 6.20. The van der Waals surface area contributed by atoms with Crippen molar-refractivity contribution in [2.75, 3.05) is 13.2 Å². The number of rotatable bonds is 7. The topological polar surface area (TPSA) is 55.8 Å². The van der Waals surface area contributed by atoms with E-state index >= 15 is 0 Å². The fourth-order valence-corrected chi connectivity index (χ4v) is 3.72. The Morgan fingerprint density at radius 1 is 1.09 bits per heavy atom. The van der Waals surface area contributed by atoms with Crippen LogP contribution in [0.5, 0.6) is 0 Å². The smallest absolute Gasteiger partial charge is 0.335 e. The van der Waals surface area contributed by atoms with Crippen LogP contribution in [-0.4, -0.2) is 38.2 Å². The maximum atomic E-state index is 11.1. The second-order valence-corrected chi connectivity index (χ2v) is 13.9. The molecule has 0 aliphatic heterocycles. The van der Waals surface area contributed by atoms with Gasteiger partial charge in [-0.05, 0) is 63.1 Å². The zero-order valence-corrected chi connectivity index (χ0v) is 17.1. The normalized spacial score (nSPS) is 23.8. The molecular weight excluding hydrogens is 308 g/mol. The lowest BCUT2D eigenvalue weighted by Crippen LogP contribution is -2.42. The Morgan fingerprint density at radius 2 is 1.61 bits per heavy atom. The lowest BCUT2D eigenvalue weighted by molar-refractivity contribution is -0.163. The Hall–Kier alpha value is -0.393. The molecular formula is C18H36O4Si. The van der Waals surface area contributed by atoms with Crippen LogP contribution in [0.15, 0.2) is 0 Å². The van der Waals surface area contributed by atoms with Gasteiger partial charge in [0.2, 0.25) is 0 Å². The Morgan fingerprint density at radius 3 is 2.09 bits per heavy atom. The van der Waals surface area contributed by atoms with Gasteiger partial charge in [-0.3, -0.25) is 0 Å². The van der Waals surface area contributed by atoms with Gasteiger partial charge in [0.15, 0.2) is 13.9 Å². The molecule has 136 valence electrons. The van der Waals surface area contributed by atoms with E-state index in [4.69, 9.17) is 14.3 Å². The van der Waals surface area contributed by atoms with Gasteiger partial charge in [0.1, 0.15) is 0 Å². The van der Waals surface area contributed by atoms with Crippen LogP contribution in [0.1, 0.15) is 60.3 Å². The second kappa shape index (κ2) is 7.66. The van der Waals surface area contributed by atoms with Gasteiger partial charge in [-0.1, -0.05) is 27.2 Å². The summed E-state index contributed by atoms with van der Waals surface area (Å²) in [6.07, 6.45) is 4.62. The molecule has 0 aromatic rings. The van der Waals surface area contributed by atoms with Crippen molar-refractivity contribution < 1.29 is 19.1 Å². The van der Waals surface area contributed by atoms with Crippen LogP contribution >= 0.6 is 0 Å². The SMILES string of the molecule is CC(C)(OC[C@@H]1CCC[C@H](CO[Si](C)(C)C(C)(C)C)C1)C(=O)O. The van der Waals surface area contributed by atoms with E-state index in [0.717, 1.165) is 19.4 Å². The minimum Gasteiger partial charge on any atom is -0.479 e. The number of carboxylic acid groups (broad SMARTS) is 1. The summed E-state index contributed by atoms with van der Waals surface area (Å²) in [4.78, 5) is 11.1. The van der Waals surface area contributed by atoms with Gasteiger partial charge < -0.3 is 14.3 Å². The Kier molecular flexibility index (Phi) is 6.88. The first-order valence-electron chi connectivity index (χ1n) is 8.86. The maximum Gasteiger partial charge on any atom is 0.335 e. The van der Waals surface area contributed by atoms with Crippen LogP contribution in [0.4, 0.5) is 0 Å². The van der Waals surface area contributed by atoms with E-state index in [0.29, 0.717) is 18.4 Å². The summed E-state index contributed by atoms with van der Waals surface area (Å²) in [6, 6.07) is 0. The van der Waals surface area contributed by atoms with Crippen LogP contribution in [0.25, 0.3) is 0 Å². The summed E-state index contributed by atoms with van der Waals surface area (Å²) in [5.41, 5.74) is -1.09. The Bertz CT molecular complexity index is 398. The van der Waals surface area contributed by atoms with E-state index < -0.39 is 19.9 Å². The molecule has 0 saturated heterocycles. The van der Waals surface area contributed by atoms with E-state index in [1.807, 2.05) is 0 Å². The molecule has 4 nitrogen and oxygen atoms in total. The summed E-state index contributed by atoms with van der Waals surface area (Å²) in [7, 11) is -1.68. The summed E-state index contributed by atoms with van der Waals surface area (Å²) in [5.74, 6) is 0.140. The molecule has 1 rings (SSSR count). The lowest BCUT2D eigenvalue weighted by Gasteiger charge is -2.38.